The topological polar surface area (TPSA) is 19.6 Å². The Hall–Kier alpha value is -17.5. The maximum absolute atomic E-state index is 7.49. The Morgan fingerprint density at radius 2 is 0.400 bits per heavy atom. The van der Waals surface area contributed by atoms with Crippen LogP contribution in [0.5, 0.6) is 0 Å². The summed E-state index contributed by atoms with van der Waals surface area (Å²) >= 11 is 1.87. The van der Waals surface area contributed by atoms with Gasteiger partial charge in [-0.3, -0.25) is 0 Å². The first-order valence-corrected chi connectivity index (χ1v) is 49.7. The number of nitrogens with zero attached hydrogens (tertiary/aromatic N) is 2. The number of furan rings is 1. The Labute approximate surface area is 814 Å². The molecule has 0 saturated carbocycles. The van der Waals surface area contributed by atoms with Crippen molar-refractivity contribution >= 4 is 87.6 Å². The quantitative estimate of drug-likeness (QED) is 0.144. The highest BCUT2D eigenvalue weighted by Crippen LogP contribution is 2.70. The molecule has 8 aliphatic carbocycles. The van der Waals surface area contributed by atoms with Gasteiger partial charge in [0.15, 0.2) is 0 Å². The van der Waals surface area contributed by atoms with Crippen LogP contribution in [0.25, 0.3) is 165 Å². The van der Waals surface area contributed by atoms with Gasteiger partial charge in [-0.2, -0.15) is 0 Å². The summed E-state index contributed by atoms with van der Waals surface area (Å²) < 4.78 is 10.1. The molecule has 140 heavy (non-hydrogen) atoms. The van der Waals surface area contributed by atoms with Crippen molar-refractivity contribution in [2.24, 2.45) is 0 Å². The molecule has 0 bridgehead atoms. The highest BCUT2D eigenvalue weighted by atomic mass is 32.1. The third-order valence-corrected chi connectivity index (χ3v) is 34.3. The molecule has 32 rings (SSSR count). The Balaban J connectivity index is 0.569. The Morgan fingerprint density at radius 3 is 0.757 bits per heavy atom. The van der Waals surface area contributed by atoms with E-state index in [1.807, 2.05) is 11.3 Å². The molecule has 0 aliphatic heterocycles. The van der Waals surface area contributed by atoms with Crippen molar-refractivity contribution < 1.29 is 4.42 Å². The molecule has 1 unspecified atom stereocenters. The molecule has 1 atom stereocenters. The number of hydrogen-bond donors (Lipinski definition) is 0. The van der Waals surface area contributed by atoms with Crippen LogP contribution in [0.15, 0.2) is 490 Å². The van der Waals surface area contributed by atoms with Crippen molar-refractivity contribution in [3.63, 3.8) is 0 Å². The van der Waals surface area contributed by atoms with Gasteiger partial charge in [0, 0.05) is 70.4 Å². The third kappa shape index (κ3) is 9.68. The zero-order chi connectivity index (χ0) is 91.2. The molecule has 2 heterocycles. The second-order valence-corrected chi connectivity index (χ2v) is 40.3. The minimum Gasteiger partial charge on any atom is -0.455 e. The lowest BCUT2D eigenvalue weighted by Gasteiger charge is -2.34. The van der Waals surface area contributed by atoms with Crippen molar-refractivity contribution in [3.05, 3.63) is 574 Å². The lowest BCUT2D eigenvalue weighted by Crippen LogP contribution is -2.26. The van der Waals surface area contributed by atoms with E-state index in [4.69, 9.17) is 4.42 Å². The predicted octanol–water partition coefficient (Wildman–Crippen LogP) is 35.3. The molecule has 2 aromatic heterocycles. The molecule has 0 saturated heterocycles. The summed E-state index contributed by atoms with van der Waals surface area (Å²) in [4.78, 5) is 5.18. The first-order chi connectivity index (χ1) is 69.4. The number of rotatable bonds is 9. The van der Waals surface area contributed by atoms with Gasteiger partial charge in [0.2, 0.25) is 0 Å². The second kappa shape index (κ2) is 28.1. The van der Waals surface area contributed by atoms with Gasteiger partial charge in [-0.1, -0.05) is 388 Å². The maximum atomic E-state index is 7.49. The molecule has 0 amide bonds. The number of anilines is 6. The van der Waals surface area contributed by atoms with Crippen LogP contribution in [0.3, 0.4) is 0 Å². The van der Waals surface area contributed by atoms with Crippen LogP contribution < -0.4 is 9.80 Å². The summed E-state index contributed by atoms with van der Waals surface area (Å²) in [6, 6.07) is 186. The number of para-hydroxylation sites is 3. The molecule has 0 radical (unpaired) electrons. The van der Waals surface area contributed by atoms with E-state index in [1.165, 1.54) is 198 Å². The highest BCUT2D eigenvalue weighted by molar-refractivity contribution is 7.25. The number of thiophene rings is 1. The molecular formula is C136H80N2OS. The van der Waals surface area contributed by atoms with Crippen LogP contribution in [0.2, 0.25) is 0 Å². The fraction of sp³-hybridized carbons (Fsp3) is 0.0294. The first-order valence-electron chi connectivity index (χ1n) is 48.9. The molecule has 4 spiro atoms. The summed E-state index contributed by atoms with van der Waals surface area (Å²) in [5.41, 5.74) is 53.2. The monoisotopic (exact) mass is 1790 g/mol. The van der Waals surface area contributed by atoms with Gasteiger partial charge in [-0.15, -0.1) is 11.3 Å². The summed E-state index contributed by atoms with van der Waals surface area (Å²) in [5.74, 6) is 0. The minimum atomic E-state index is -0.752. The van der Waals surface area contributed by atoms with Crippen molar-refractivity contribution in [1.82, 2.24) is 0 Å². The molecule has 0 N–H and O–H groups in total. The zero-order valence-electron chi connectivity index (χ0n) is 75.9. The fourth-order valence-electron chi connectivity index (χ4n) is 27.9. The minimum absolute atomic E-state index is 0.570. The van der Waals surface area contributed by atoms with Crippen LogP contribution in [-0.4, -0.2) is 0 Å². The molecule has 8 aliphatic rings. The SMILES string of the molecule is c1ccc(N(c2ccc3c(c2)C2(c4ccccc4-c4ccccc42)c2ccccc2-3)c2ccc3c(c2)C2(c4ccccc4-c4ccccc42)c2ccccc2-3)c(-c2ccc3oc4c(-c5ccc6c(c5)C5(c7ccccc7-6)c6ccccc6-c6ccc(N(c7ccc8c(c7)C7(c9ccccc9-c9ccccc97)c7ccccc7-8)c7ccccc7-c7ccc8sc9ccccc9c8c7)cc65)cccc4c3c2)c1. The van der Waals surface area contributed by atoms with Gasteiger partial charge in [0.25, 0.3) is 0 Å². The van der Waals surface area contributed by atoms with Crippen LogP contribution in [-0.2, 0) is 21.7 Å². The van der Waals surface area contributed by atoms with Crippen LogP contribution in [0.1, 0.15) is 89.0 Å². The van der Waals surface area contributed by atoms with E-state index in [1.54, 1.807) is 0 Å². The van der Waals surface area contributed by atoms with E-state index in [-0.39, 0.29) is 0 Å². The van der Waals surface area contributed by atoms with Crippen molar-refractivity contribution in [2.45, 2.75) is 21.7 Å². The van der Waals surface area contributed by atoms with Crippen molar-refractivity contribution in [1.29, 1.82) is 0 Å². The van der Waals surface area contributed by atoms with Gasteiger partial charge in [-0.05, 0) is 292 Å². The fourth-order valence-corrected chi connectivity index (χ4v) is 29.0. The Kier molecular flexibility index (Phi) is 15.4. The van der Waals surface area contributed by atoms with E-state index in [9.17, 15) is 0 Å². The largest absolute Gasteiger partial charge is 0.455 e. The van der Waals surface area contributed by atoms with E-state index in [0.29, 0.717) is 0 Å². The Morgan fingerprint density at radius 1 is 0.157 bits per heavy atom. The summed E-state index contributed by atoms with van der Waals surface area (Å²) in [7, 11) is 0. The smallest absolute Gasteiger partial charge is 0.143 e. The molecule has 4 heteroatoms. The molecule has 24 aromatic rings. The van der Waals surface area contributed by atoms with Gasteiger partial charge >= 0.3 is 0 Å². The highest BCUT2D eigenvalue weighted by Gasteiger charge is 2.57. The number of benzene rings is 22. The van der Waals surface area contributed by atoms with Crippen LogP contribution >= 0.6 is 11.3 Å². The van der Waals surface area contributed by atoms with Gasteiger partial charge in [0.05, 0.1) is 33.0 Å². The van der Waals surface area contributed by atoms with E-state index in [0.717, 1.165) is 89.4 Å². The summed E-state index contributed by atoms with van der Waals surface area (Å²) in [5, 5.41) is 4.66. The zero-order valence-corrected chi connectivity index (χ0v) is 76.7. The molecule has 646 valence electrons. The summed E-state index contributed by atoms with van der Waals surface area (Å²) in [6.07, 6.45) is 0. The molecule has 0 fully saturated rings. The lowest BCUT2D eigenvalue weighted by atomic mass is 9.70. The molecule has 22 aromatic carbocycles. The maximum Gasteiger partial charge on any atom is 0.143 e. The van der Waals surface area contributed by atoms with Crippen molar-refractivity contribution in [3.8, 4) is 122 Å². The lowest BCUT2D eigenvalue weighted by molar-refractivity contribution is 0.670. The Bertz CT molecular complexity index is 9270. The summed E-state index contributed by atoms with van der Waals surface area (Å²) in [6.45, 7) is 0. The van der Waals surface area contributed by atoms with Crippen LogP contribution in [0.4, 0.5) is 34.1 Å². The molecule has 3 nitrogen and oxygen atoms in total. The van der Waals surface area contributed by atoms with Crippen LogP contribution in [0, 0.1) is 0 Å². The van der Waals surface area contributed by atoms with Gasteiger partial charge in [0.1, 0.15) is 11.2 Å². The number of hydrogen-bond acceptors (Lipinski definition) is 4. The van der Waals surface area contributed by atoms with Gasteiger partial charge < -0.3 is 14.2 Å². The second-order valence-electron chi connectivity index (χ2n) is 39.2. The third-order valence-electron chi connectivity index (χ3n) is 33.1. The van der Waals surface area contributed by atoms with E-state index >= 15 is 0 Å². The number of fused-ring (bicyclic) bond motifs is 46. The normalized spacial score (nSPS) is 15.1. The molecular weight excluding hydrogens is 1710 g/mol. The average Bonchev–Trinajstić information content (AvgIpc) is 1.52. The van der Waals surface area contributed by atoms with E-state index < -0.39 is 21.7 Å². The standard InChI is InChI=1S/C136H80N2OS/c1-15-46-111-91(32-1)92-33-2-16-47-112(92)133(111)117-52-21-7-39-98(117)103-68-63-84(77-123(103)133)137(85-64-69-104-99-40-8-22-53-118(99)134(124(104)78-85)113-48-17-3-34-93(113)94-35-4-18-49-114(94)134)127-57-26-12-30-88(127)81-61-72-129-109(74-81)108-45-29-44-90(132(108)139-129)83-60-67-102-97-38-10-24-55-120(97)136(122(102)76-83)121-56-25-11-42-101(121)106-71-66-87(80-126(106)136)138(128-58-27-13-31-89(128)82-62-73-131-110(75-82)107-43-14-28-59-130(107)140-131)86-65-70-105-100-41-9-23-54-119(100)135(125(105)79-86)115-50-19-5-36-95(115)96-37-6-20-51-116(96)135/h1-80H. The van der Waals surface area contributed by atoms with Gasteiger partial charge in [-0.25, -0.2) is 0 Å². The average molecular weight is 1790 g/mol. The first kappa shape index (κ1) is 76.7. The van der Waals surface area contributed by atoms with Crippen molar-refractivity contribution in [2.75, 3.05) is 9.80 Å². The predicted molar refractivity (Wildman–Crippen MR) is 577 cm³/mol. The van der Waals surface area contributed by atoms with E-state index in [2.05, 4.69) is 495 Å².